The molecule has 0 amide bonds. The van der Waals surface area contributed by atoms with E-state index in [9.17, 15) is 0 Å². The first kappa shape index (κ1) is 28.3. The maximum absolute atomic E-state index is 6.17. The summed E-state index contributed by atoms with van der Waals surface area (Å²) in [4.78, 5) is 5.15. The highest BCUT2D eigenvalue weighted by molar-refractivity contribution is 6.06. The van der Waals surface area contributed by atoms with Crippen LogP contribution in [0.3, 0.4) is 0 Å². The normalized spacial score (nSPS) is 11.6. The lowest BCUT2D eigenvalue weighted by atomic mass is 9.96. The van der Waals surface area contributed by atoms with Crippen molar-refractivity contribution in [1.29, 1.82) is 0 Å². The monoisotopic (exact) mass is 639 g/mol. The van der Waals surface area contributed by atoms with E-state index in [-0.39, 0.29) is 0 Å². The number of benzene rings is 7. The Morgan fingerprint density at radius 2 is 0.640 bits per heavy atom. The van der Waals surface area contributed by atoms with Crippen molar-refractivity contribution >= 4 is 43.9 Å². The first-order chi connectivity index (χ1) is 24.7. The van der Waals surface area contributed by atoms with Gasteiger partial charge < -0.3 is 8.83 Å². The van der Waals surface area contributed by atoms with Crippen LogP contribution in [0.15, 0.2) is 185 Å². The fourth-order valence-electron chi connectivity index (χ4n) is 7.10. The fraction of sp³-hybridized carbons (Fsp3) is 0. The van der Waals surface area contributed by atoms with Gasteiger partial charge in [0.25, 0.3) is 0 Å². The van der Waals surface area contributed by atoms with Gasteiger partial charge in [0.2, 0.25) is 0 Å². The van der Waals surface area contributed by atoms with Gasteiger partial charge in [0.15, 0.2) is 0 Å². The molecule has 0 radical (unpaired) electrons. The zero-order valence-corrected chi connectivity index (χ0v) is 27.0. The number of hydrogen-bond donors (Lipinski definition) is 0. The van der Waals surface area contributed by atoms with Crippen LogP contribution in [-0.4, -0.2) is 4.98 Å². The molecule has 234 valence electrons. The summed E-state index contributed by atoms with van der Waals surface area (Å²) >= 11 is 0. The average molecular weight is 640 g/mol. The molecule has 0 spiro atoms. The van der Waals surface area contributed by atoms with Gasteiger partial charge in [0.05, 0.1) is 11.4 Å². The van der Waals surface area contributed by atoms with Crippen molar-refractivity contribution in [2.45, 2.75) is 0 Å². The van der Waals surface area contributed by atoms with E-state index in [4.69, 9.17) is 13.8 Å². The molecule has 3 nitrogen and oxygen atoms in total. The standard InChI is InChI=1S/C47H29NO2/c1-2-8-33(9-3-1)42-26-37(32-16-14-30(15-17-32)35-22-24-40-38-10-4-6-12-44(38)49-46(40)28-35)27-43(48-42)34-20-18-31(19-21-34)36-23-25-41-39-11-5-7-13-45(39)50-47(41)29-36/h1-29H. The quantitative estimate of drug-likeness (QED) is 0.188. The Morgan fingerprint density at radius 3 is 1.16 bits per heavy atom. The third-order valence-electron chi connectivity index (χ3n) is 9.72. The lowest BCUT2D eigenvalue weighted by molar-refractivity contribution is 0.668. The zero-order chi connectivity index (χ0) is 33.0. The molecule has 0 saturated carbocycles. The van der Waals surface area contributed by atoms with Gasteiger partial charge in [-0.3, -0.25) is 0 Å². The third kappa shape index (κ3) is 4.87. The van der Waals surface area contributed by atoms with Crippen LogP contribution in [0.5, 0.6) is 0 Å². The lowest BCUT2D eigenvalue weighted by Gasteiger charge is -2.12. The molecule has 0 saturated heterocycles. The SMILES string of the molecule is c1ccc(-c2cc(-c3ccc(-c4ccc5c(c4)oc4ccccc45)cc3)cc(-c3ccc(-c4ccc5c(c4)oc4ccccc45)cc3)n2)cc1. The molecule has 0 aliphatic heterocycles. The van der Waals surface area contributed by atoms with Crippen LogP contribution in [0.25, 0.3) is 99.8 Å². The number of nitrogens with zero attached hydrogens (tertiary/aromatic N) is 1. The van der Waals surface area contributed by atoms with Crippen molar-refractivity contribution < 1.29 is 8.83 Å². The molecule has 50 heavy (non-hydrogen) atoms. The number of para-hydroxylation sites is 2. The van der Waals surface area contributed by atoms with Gasteiger partial charge in [-0.05, 0) is 81.9 Å². The second-order valence-corrected chi connectivity index (χ2v) is 12.8. The summed E-state index contributed by atoms with van der Waals surface area (Å²) in [6, 6.07) is 61.5. The summed E-state index contributed by atoms with van der Waals surface area (Å²) in [6.07, 6.45) is 0. The number of rotatable bonds is 5. The van der Waals surface area contributed by atoms with Crippen LogP contribution in [0.4, 0.5) is 0 Å². The Labute approximate surface area is 288 Å². The van der Waals surface area contributed by atoms with Gasteiger partial charge in [-0.25, -0.2) is 4.98 Å². The molecule has 0 unspecified atom stereocenters. The van der Waals surface area contributed by atoms with Gasteiger partial charge in [-0.15, -0.1) is 0 Å². The summed E-state index contributed by atoms with van der Waals surface area (Å²) in [5, 5.41) is 4.56. The van der Waals surface area contributed by atoms with E-state index in [1.54, 1.807) is 0 Å². The van der Waals surface area contributed by atoms with Crippen LogP contribution in [0.2, 0.25) is 0 Å². The van der Waals surface area contributed by atoms with E-state index in [2.05, 4.69) is 146 Å². The summed E-state index contributed by atoms with van der Waals surface area (Å²) in [6.45, 7) is 0. The fourth-order valence-corrected chi connectivity index (χ4v) is 7.10. The number of furan rings is 2. The molecule has 3 heteroatoms. The summed E-state index contributed by atoms with van der Waals surface area (Å²) < 4.78 is 12.3. The van der Waals surface area contributed by atoms with Gasteiger partial charge in [0, 0.05) is 32.7 Å². The van der Waals surface area contributed by atoms with Crippen molar-refractivity contribution in [2.24, 2.45) is 0 Å². The highest BCUT2D eigenvalue weighted by Gasteiger charge is 2.13. The minimum absolute atomic E-state index is 0.899. The van der Waals surface area contributed by atoms with Crippen molar-refractivity contribution in [1.82, 2.24) is 4.98 Å². The van der Waals surface area contributed by atoms with E-state index in [1.807, 2.05) is 30.3 Å². The van der Waals surface area contributed by atoms with Crippen LogP contribution in [-0.2, 0) is 0 Å². The summed E-state index contributed by atoms with van der Waals surface area (Å²) in [7, 11) is 0. The van der Waals surface area contributed by atoms with E-state index in [0.29, 0.717) is 0 Å². The number of aromatic nitrogens is 1. The highest BCUT2D eigenvalue weighted by atomic mass is 16.3. The third-order valence-corrected chi connectivity index (χ3v) is 9.72. The topological polar surface area (TPSA) is 39.2 Å². The Morgan fingerprint density at radius 1 is 0.260 bits per heavy atom. The number of hydrogen-bond acceptors (Lipinski definition) is 3. The minimum Gasteiger partial charge on any atom is -0.456 e. The molecule has 10 rings (SSSR count). The van der Waals surface area contributed by atoms with E-state index in [1.165, 1.54) is 0 Å². The first-order valence-corrected chi connectivity index (χ1v) is 16.9. The lowest BCUT2D eigenvalue weighted by Crippen LogP contribution is -1.91. The Hall–Kier alpha value is -6.71. The molecule has 3 aromatic heterocycles. The van der Waals surface area contributed by atoms with Gasteiger partial charge in [0.1, 0.15) is 22.3 Å². The number of pyridine rings is 1. The highest BCUT2D eigenvalue weighted by Crippen LogP contribution is 2.36. The van der Waals surface area contributed by atoms with E-state index in [0.717, 1.165) is 99.8 Å². The zero-order valence-electron chi connectivity index (χ0n) is 27.0. The maximum atomic E-state index is 6.17. The van der Waals surface area contributed by atoms with E-state index < -0.39 is 0 Å². The van der Waals surface area contributed by atoms with Crippen LogP contribution in [0.1, 0.15) is 0 Å². The first-order valence-electron chi connectivity index (χ1n) is 16.9. The van der Waals surface area contributed by atoms with Crippen LogP contribution >= 0.6 is 0 Å². The Bertz CT molecular complexity index is 2670. The van der Waals surface area contributed by atoms with Gasteiger partial charge >= 0.3 is 0 Å². The molecule has 0 atom stereocenters. The molecule has 0 bridgehead atoms. The largest absolute Gasteiger partial charge is 0.456 e. The summed E-state index contributed by atoms with van der Waals surface area (Å²) in [5.74, 6) is 0. The maximum Gasteiger partial charge on any atom is 0.136 e. The molecule has 10 aromatic rings. The number of fused-ring (bicyclic) bond motifs is 6. The molecule has 3 heterocycles. The predicted octanol–water partition coefficient (Wildman–Crippen LogP) is 13.2. The van der Waals surface area contributed by atoms with E-state index >= 15 is 0 Å². The Kier molecular flexibility index (Phi) is 6.49. The molecular weight excluding hydrogens is 611 g/mol. The molecule has 0 aliphatic rings. The van der Waals surface area contributed by atoms with Crippen molar-refractivity contribution in [3.05, 3.63) is 176 Å². The second-order valence-electron chi connectivity index (χ2n) is 12.8. The van der Waals surface area contributed by atoms with Crippen molar-refractivity contribution in [2.75, 3.05) is 0 Å². The smallest absolute Gasteiger partial charge is 0.136 e. The molecule has 7 aromatic carbocycles. The average Bonchev–Trinajstić information content (AvgIpc) is 3.76. The van der Waals surface area contributed by atoms with Crippen LogP contribution in [0, 0.1) is 0 Å². The minimum atomic E-state index is 0.899. The Balaban J connectivity index is 0.999. The van der Waals surface area contributed by atoms with Gasteiger partial charge in [-0.1, -0.05) is 127 Å². The summed E-state index contributed by atoms with van der Waals surface area (Å²) in [5.41, 5.74) is 14.4. The van der Waals surface area contributed by atoms with Crippen molar-refractivity contribution in [3.63, 3.8) is 0 Å². The molecule has 0 N–H and O–H groups in total. The molecule has 0 aliphatic carbocycles. The van der Waals surface area contributed by atoms with Crippen LogP contribution < -0.4 is 0 Å². The molecular formula is C47H29NO2. The predicted molar refractivity (Wildman–Crippen MR) is 206 cm³/mol. The molecule has 0 fully saturated rings. The second kappa shape index (κ2) is 11.5. The van der Waals surface area contributed by atoms with Crippen molar-refractivity contribution in [3.8, 4) is 55.9 Å². The van der Waals surface area contributed by atoms with Gasteiger partial charge in [-0.2, -0.15) is 0 Å².